The van der Waals surface area contributed by atoms with Gasteiger partial charge in [0.15, 0.2) is 0 Å². The van der Waals surface area contributed by atoms with Gasteiger partial charge >= 0.3 is 6.09 Å². The summed E-state index contributed by atoms with van der Waals surface area (Å²) in [6.45, 7) is 12.2. The monoisotopic (exact) mass is 458 g/mol. The Morgan fingerprint density at radius 1 is 1.09 bits per heavy atom. The number of aryl methyl sites for hydroxylation is 1. The summed E-state index contributed by atoms with van der Waals surface area (Å²) in [7, 11) is 0. The molecular weight excluding hydrogens is 424 g/mol. The molecule has 0 radical (unpaired) electrons. The van der Waals surface area contributed by atoms with E-state index in [2.05, 4.69) is 16.7 Å². The number of hydrogen-bond donors (Lipinski definition) is 3. The Bertz CT molecular complexity index is 920. The molecule has 2 atom stereocenters. The summed E-state index contributed by atoms with van der Waals surface area (Å²) in [6, 6.07) is 6.53. The Kier molecular flexibility index (Phi) is 9.05. The maximum Gasteiger partial charge on any atom is 0.408 e. The average Bonchev–Trinajstić information content (AvgIpc) is 2.62. The fourth-order valence-corrected chi connectivity index (χ4v) is 2.89. The summed E-state index contributed by atoms with van der Waals surface area (Å²) in [5.41, 5.74) is 5.25. The molecule has 9 heteroatoms. The molecule has 9 nitrogen and oxygen atoms in total. The first-order chi connectivity index (χ1) is 15.0. The van der Waals surface area contributed by atoms with Crippen LogP contribution in [0.15, 0.2) is 24.3 Å². The van der Waals surface area contributed by atoms with Crippen molar-refractivity contribution in [3.63, 3.8) is 0 Å². The van der Waals surface area contributed by atoms with Crippen molar-refractivity contribution in [1.82, 2.24) is 15.5 Å². The first kappa shape index (κ1) is 27.5. The zero-order valence-corrected chi connectivity index (χ0v) is 20.3. The third-order valence-electron chi connectivity index (χ3n) is 4.17. The molecule has 0 bridgehead atoms. The van der Waals surface area contributed by atoms with Gasteiger partial charge in [-0.15, -0.1) is 0 Å². The largest absolute Gasteiger partial charge is 0.444 e. The number of carbonyl (C=O) groups is 4. The molecule has 0 saturated heterocycles. The van der Waals surface area contributed by atoms with Crippen LogP contribution in [-0.4, -0.2) is 45.9 Å². The molecule has 0 aliphatic rings. The van der Waals surface area contributed by atoms with Crippen LogP contribution in [0.25, 0.3) is 0 Å². The van der Waals surface area contributed by atoms with E-state index < -0.39 is 53.5 Å². The normalized spacial score (nSPS) is 13.2. The summed E-state index contributed by atoms with van der Waals surface area (Å²) in [6.07, 6.45) is 4.20. The predicted octanol–water partition coefficient (Wildman–Crippen LogP) is 2.14. The van der Waals surface area contributed by atoms with E-state index in [1.54, 1.807) is 65.8 Å². The van der Waals surface area contributed by atoms with Crippen molar-refractivity contribution in [2.75, 3.05) is 0 Å². The van der Waals surface area contributed by atoms with Gasteiger partial charge in [0, 0.05) is 11.6 Å². The van der Waals surface area contributed by atoms with E-state index in [0.29, 0.717) is 5.56 Å². The highest BCUT2D eigenvalue weighted by Crippen LogP contribution is 2.24. The van der Waals surface area contributed by atoms with E-state index in [1.165, 1.54) is 0 Å². The highest BCUT2D eigenvalue weighted by Gasteiger charge is 2.37. The first-order valence-electron chi connectivity index (χ1n) is 10.5. The number of carbonyl (C=O) groups excluding carboxylic acids is 4. The fraction of sp³-hybridized carbons (Fsp3) is 0.500. The van der Waals surface area contributed by atoms with E-state index in [-0.39, 0.29) is 0 Å². The molecule has 0 saturated carbocycles. The Labute approximate surface area is 195 Å². The van der Waals surface area contributed by atoms with Crippen molar-refractivity contribution in [3.05, 3.63) is 35.4 Å². The standard InChI is InChI=1S/C24H34N4O5/c1-9-28(21(31)17(14-18(25)29)26-22(32)33-24(6,7)8)19(20(30)27-23(3,4)5)16-12-10-15(2)11-13-16/h1,10-13,17,19H,14H2,2-8H3,(H2,25,29)(H,26,32)(H,27,30). The fourth-order valence-electron chi connectivity index (χ4n) is 2.89. The Balaban J connectivity index is 3.39. The second kappa shape index (κ2) is 10.9. The van der Waals surface area contributed by atoms with Gasteiger partial charge < -0.3 is 21.1 Å². The quantitative estimate of drug-likeness (QED) is 0.426. The number of nitrogens with one attached hydrogen (secondary N) is 2. The lowest BCUT2D eigenvalue weighted by molar-refractivity contribution is -0.140. The van der Waals surface area contributed by atoms with Crippen molar-refractivity contribution in [2.45, 2.75) is 78.1 Å². The van der Waals surface area contributed by atoms with E-state index in [1.807, 2.05) is 6.92 Å². The van der Waals surface area contributed by atoms with Crippen molar-refractivity contribution >= 4 is 23.8 Å². The van der Waals surface area contributed by atoms with Crippen LogP contribution in [0, 0.1) is 19.4 Å². The van der Waals surface area contributed by atoms with Crippen molar-refractivity contribution in [1.29, 1.82) is 0 Å². The molecule has 0 aliphatic carbocycles. The first-order valence-corrected chi connectivity index (χ1v) is 10.5. The third kappa shape index (κ3) is 9.23. The van der Waals surface area contributed by atoms with Gasteiger partial charge in [-0.3, -0.25) is 19.3 Å². The number of alkyl carbamates (subject to hydrolysis) is 1. The second-order valence-electron chi connectivity index (χ2n) is 9.76. The van der Waals surface area contributed by atoms with Gasteiger partial charge in [-0.05, 0) is 54.0 Å². The van der Waals surface area contributed by atoms with Gasteiger partial charge in [-0.1, -0.05) is 36.3 Å². The minimum Gasteiger partial charge on any atom is -0.444 e. The molecule has 180 valence electrons. The molecule has 2 unspecified atom stereocenters. The highest BCUT2D eigenvalue weighted by atomic mass is 16.6. The number of amides is 4. The smallest absolute Gasteiger partial charge is 0.408 e. The summed E-state index contributed by atoms with van der Waals surface area (Å²) in [5, 5.41) is 5.16. The summed E-state index contributed by atoms with van der Waals surface area (Å²) in [4.78, 5) is 51.3. The topological polar surface area (TPSA) is 131 Å². The number of nitrogens with two attached hydrogens (primary N) is 1. The summed E-state index contributed by atoms with van der Waals surface area (Å²) in [5.74, 6) is -2.21. The third-order valence-corrected chi connectivity index (χ3v) is 4.17. The number of terminal acetylenes is 1. The SMILES string of the molecule is C#CN(C(=O)C(CC(N)=O)NC(=O)OC(C)(C)C)C(C(=O)NC(C)(C)C)c1ccc(C)cc1. The Morgan fingerprint density at radius 3 is 2.06 bits per heavy atom. The van der Waals surface area contributed by atoms with Crippen LogP contribution in [0.4, 0.5) is 4.79 Å². The van der Waals surface area contributed by atoms with Crippen molar-refractivity contribution in [3.8, 4) is 12.5 Å². The highest BCUT2D eigenvalue weighted by molar-refractivity contribution is 5.95. The van der Waals surface area contributed by atoms with Crippen LogP contribution in [0.1, 0.15) is 65.1 Å². The van der Waals surface area contributed by atoms with Gasteiger partial charge in [0.2, 0.25) is 11.8 Å². The minimum atomic E-state index is -1.43. The molecule has 0 heterocycles. The Hall–Kier alpha value is -3.54. The molecule has 1 aromatic rings. The molecule has 33 heavy (non-hydrogen) atoms. The van der Waals surface area contributed by atoms with Crippen molar-refractivity contribution in [2.24, 2.45) is 5.73 Å². The number of nitrogens with zero attached hydrogens (tertiary/aromatic N) is 1. The van der Waals surface area contributed by atoms with Crippen LogP contribution in [0.2, 0.25) is 0 Å². The maximum absolute atomic E-state index is 13.4. The van der Waals surface area contributed by atoms with Gasteiger partial charge in [0.05, 0.1) is 6.42 Å². The number of rotatable bonds is 7. The molecule has 1 aromatic carbocycles. The van der Waals surface area contributed by atoms with Crippen LogP contribution in [0.3, 0.4) is 0 Å². The maximum atomic E-state index is 13.4. The Morgan fingerprint density at radius 2 is 1.64 bits per heavy atom. The molecule has 4 N–H and O–H groups in total. The molecule has 4 amide bonds. The summed E-state index contributed by atoms with van der Waals surface area (Å²) >= 11 is 0. The predicted molar refractivity (Wildman–Crippen MR) is 124 cm³/mol. The molecule has 0 spiro atoms. The number of hydrogen-bond acceptors (Lipinski definition) is 5. The van der Waals surface area contributed by atoms with E-state index >= 15 is 0 Å². The zero-order valence-electron chi connectivity index (χ0n) is 20.3. The lowest BCUT2D eigenvalue weighted by Gasteiger charge is -2.32. The lowest BCUT2D eigenvalue weighted by atomic mass is 10.00. The van der Waals surface area contributed by atoms with E-state index in [4.69, 9.17) is 16.9 Å². The van der Waals surface area contributed by atoms with E-state index in [0.717, 1.165) is 10.5 Å². The van der Waals surface area contributed by atoms with Gasteiger partial charge in [0.25, 0.3) is 5.91 Å². The molecule has 0 fully saturated rings. The van der Waals surface area contributed by atoms with Crippen molar-refractivity contribution < 1.29 is 23.9 Å². The minimum absolute atomic E-state index is 0.462. The average molecular weight is 459 g/mol. The molecule has 1 rings (SSSR count). The zero-order chi connectivity index (χ0) is 25.6. The van der Waals surface area contributed by atoms with Gasteiger partial charge in [-0.25, -0.2) is 4.79 Å². The second-order valence-corrected chi connectivity index (χ2v) is 9.76. The van der Waals surface area contributed by atoms with Crippen LogP contribution < -0.4 is 16.4 Å². The van der Waals surface area contributed by atoms with Crippen LogP contribution >= 0.6 is 0 Å². The number of ether oxygens (including phenoxy) is 1. The summed E-state index contributed by atoms with van der Waals surface area (Å²) < 4.78 is 5.18. The van der Waals surface area contributed by atoms with E-state index in [9.17, 15) is 19.2 Å². The van der Waals surface area contributed by atoms with Crippen LogP contribution in [0.5, 0.6) is 0 Å². The van der Waals surface area contributed by atoms with Gasteiger partial charge in [-0.2, -0.15) is 0 Å². The lowest BCUT2D eigenvalue weighted by Crippen LogP contribution is -2.54. The molecular formula is C24H34N4O5. The molecule has 0 aromatic heterocycles. The van der Waals surface area contributed by atoms with Crippen LogP contribution in [-0.2, 0) is 19.1 Å². The van der Waals surface area contributed by atoms with Gasteiger partial charge in [0.1, 0.15) is 17.7 Å². The number of benzene rings is 1. The number of primary amides is 1. The molecule has 0 aliphatic heterocycles.